The summed E-state index contributed by atoms with van der Waals surface area (Å²) in [5.41, 5.74) is 4.03. The van der Waals surface area contributed by atoms with E-state index in [9.17, 15) is 0 Å². The Kier molecular flexibility index (Phi) is 3.78. The lowest BCUT2D eigenvalue weighted by atomic mass is 10.1. The Labute approximate surface area is 107 Å². The van der Waals surface area contributed by atoms with E-state index in [2.05, 4.69) is 30.1 Å². The smallest absolute Gasteiger partial charge is 0.0991 e. The Morgan fingerprint density at radius 2 is 1.72 bits per heavy atom. The quantitative estimate of drug-likeness (QED) is 0.873. The van der Waals surface area contributed by atoms with E-state index in [1.54, 1.807) is 0 Å². The van der Waals surface area contributed by atoms with Crippen molar-refractivity contribution in [3.8, 4) is 6.07 Å². The van der Waals surface area contributed by atoms with Crippen molar-refractivity contribution in [1.82, 2.24) is 0 Å². The monoisotopic (exact) mass is 234 g/mol. The summed E-state index contributed by atoms with van der Waals surface area (Å²) in [6.45, 7) is 4.50. The van der Waals surface area contributed by atoms with Crippen LogP contribution in [0.25, 0.3) is 6.08 Å². The molecule has 2 rings (SSSR count). The van der Waals surface area contributed by atoms with Gasteiger partial charge in [-0.15, -0.1) is 0 Å². The highest BCUT2D eigenvalue weighted by Crippen LogP contribution is 2.11. The van der Waals surface area contributed by atoms with Crippen LogP contribution in [0.3, 0.4) is 0 Å². The molecule has 2 nitrogen and oxygen atoms in total. The first-order chi connectivity index (χ1) is 8.81. The number of nitrogens with zero attached hydrogens (tertiary/aromatic N) is 1. The topological polar surface area (TPSA) is 35.8 Å². The third-order valence-electron chi connectivity index (χ3n) is 2.73. The van der Waals surface area contributed by atoms with E-state index in [1.165, 1.54) is 5.56 Å². The van der Waals surface area contributed by atoms with Gasteiger partial charge in [0.2, 0.25) is 0 Å². The maximum Gasteiger partial charge on any atom is 0.0991 e. The minimum absolute atomic E-state index is 0.677. The average Bonchev–Trinajstić information content (AvgIpc) is 2.46. The highest BCUT2D eigenvalue weighted by molar-refractivity contribution is 5.49. The fourth-order valence-corrected chi connectivity index (χ4v) is 1.64. The lowest BCUT2D eigenvalue weighted by Crippen LogP contribution is -1.99. The van der Waals surface area contributed by atoms with E-state index in [4.69, 9.17) is 5.26 Å². The van der Waals surface area contributed by atoms with E-state index in [1.807, 2.05) is 42.5 Å². The molecule has 0 radical (unpaired) electrons. The van der Waals surface area contributed by atoms with Crippen LogP contribution in [0.5, 0.6) is 0 Å². The molecule has 0 aromatic heterocycles. The highest BCUT2D eigenvalue weighted by Gasteiger charge is 1.95. The molecule has 0 unspecified atom stereocenters. The lowest BCUT2D eigenvalue weighted by molar-refractivity contribution is 1.15. The second kappa shape index (κ2) is 5.70. The van der Waals surface area contributed by atoms with Crippen molar-refractivity contribution in [1.29, 1.82) is 5.26 Å². The summed E-state index contributed by atoms with van der Waals surface area (Å²) in [6.07, 6.45) is 1.83. The lowest BCUT2D eigenvalue weighted by Gasteiger charge is -2.06. The van der Waals surface area contributed by atoms with Crippen LogP contribution in [-0.4, -0.2) is 0 Å². The molecule has 0 atom stereocenters. The van der Waals surface area contributed by atoms with Crippen LogP contribution >= 0.6 is 0 Å². The molecule has 0 fully saturated rings. The van der Waals surface area contributed by atoms with E-state index >= 15 is 0 Å². The molecule has 2 heteroatoms. The summed E-state index contributed by atoms with van der Waals surface area (Å²) in [5.74, 6) is 0. The van der Waals surface area contributed by atoms with Gasteiger partial charge in [0.25, 0.3) is 0 Å². The van der Waals surface area contributed by atoms with Crippen molar-refractivity contribution in [3.05, 3.63) is 71.8 Å². The highest BCUT2D eigenvalue weighted by atomic mass is 14.9. The maximum atomic E-state index is 8.71. The van der Waals surface area contributed by atoms with Crippen molar-refractivity contribution in [2.24, 2.45) is 0 Å². The first-order valence-electron chi connectivity index (χ1n) is 5.77. The molecule has 1 N–H and O–H groups in total. The predicted octanol–water partition coefficient (Wildman–Crippen LogP) is 3.81. The zero-order valence-corrected chi connectivity index (χ0v) is 10.1. The van der Waals surface area contributed by atoms with Gasteiger partial charge in [-0.05, 0) is 35.4 Å². The van der Waals surface area contributed by atoms with Gasteiger partial charge >= 0.3 is 0 Å². The van der Waals surface area contributed by atoms with Gasteiger partial charge in [0.1, 0.15) is 0 Å². The summed E-state index contributed by atoms with van der Waals surface area (Å²) < 4.78 is 0. The van der Waals surface area contributed by atoms with Gasteiger partial charge in [-0.25, -0.2) is 0 Å². The molecule has 0 heterocycles. The SMILES string of the molecule is C=Cc1ccc(CNc2ccc(C#N)cc2)cc1. The molecular weight excluding hydrogens is 220 g/mol. The van der Waals surface area contributed by atoms with E-state index < -0.39 is 0 Å². The largest absolute Gasteiger partial charge is 0.381 e. The Hall–Kier alpha value is -2.53. The molecule has 0 bridgehead atoms. The fourth-order valence-electron chi connectivity index (χ4n) is 1.64. The van der Waals surface area contributed by atoms with Crippen LogP contribution in [0.15, 0.2) is 55.1 Å². The summed E-state index contributed by atoms with van der Waals surface area (Å²) in [7, 11) is 0. The number of hydrogen-bond acceptors (Lipinski definition) is 2. The number of nitriles is 1. The second-order valence-corrected chi connectivity index (χ2v) is 3.99. The minimum atomic E-state index is 0.677. The number of nitrogens with one attached hydrogen (secondary N) is 1. The van der Waals surface area contributed by atoms with Crippen molar-refractivity contribution >= 4 is 11.8 Å². The van der Waals surface area contributed by atoms with Gasteiger partial charge in [0.15, 0.2) is 0 Å². The fraction of sp³-hybridized carbons (Fsp3) is 0.0625. The van der Waals surface area contributed by atoms with E-state index in [0.717, 1.165) is 17.8 Å². The van der Waals surface area contributed by atoms with Crippen LogP contribution in [0.4, 0.5) is 5.69 Å². The molecule has 2 aromatic rings. The molecule has 0 saturated heterocycles. The molecule has 18 heavy (non-hydrogen) atoms. The molecule has 0 aliphatic rings. The zero-order valence-electron chi connectivity index (χ0n) is 10.1. The van der Waals surface area contributed by atoms with Crippen LogP contribution in [0.1, 0.15) is 16.7 Å². The summed E-state index contributed by atoms with van der Waals surface area (Å²) in [4.78, 5) is 0. The maximum absolute atomic E-state index is 8.71. The summed E-state index contributed by atoms with van der Waals surface area (Å²) in [6, 6.07) is 17.8. The second-order valence-electron chi connectivity index (χ2n) is 3.99. The van der Waals surface area contributed by atoms with Gasteiger partial charge in [0, 0.05) is 12.2 Å². The van der Waals surface area contributed by atoms with Crippen molar-refractivity contribution in [3.63, 3.8) is 0 Å². The number of benzene rings is 2. The molecule has 88 valence electrons. The summed E-state index contributed by atoms with van der Waals surface area (Å²) in [5, 5.41) is 12.0. The zero-order chi connectivity index (χ0) is 12.8. The Balaban J connectivity index is 1.97. The Morgan fingerprint density at radius 3 is 2.28 bits per heavy atom. The third-order valence-corrected chi connectivity index (χ3v) is 2.73. The van der Waals surface area contributed by atoms with Crippen LogP contribution < -0.4 is 5.32 Å². The van der Waals surface area contributed by atoms with Crippen LogP contribution in [-0.2, 0) is 6.54 Å². The summed E-state index contributed by atoms with van der Waals surface area (Å²) >= 11 is 0. The van der Waals surface area contributed by atoms with Gasteiger partial charge in [0.05, 0.1) is 11.6 Å². The van der Waals surface area contributed by atoms with Crippen molar-refractivity contribution in [2.45, 2.75) is 6.54 Å². The number of rotatable bonds is 4. The van der Waals surface area contributed by atoms with Crippen molar-refractivity contribution in [2.75, 3.05) is 5.32 Å². The standard InChI is InChI=1S/C16H14N2/c1-2-13-3-5-15(6-4-13)12-18-16-9-7-14(11-17)8-10-16/h2-10,18H,1,12H2. The average molecular weight is 234 g/mol. The Bertz CT molecular complexity index is 560. The van der Waals surface area contributed by atoms with Gasteiger partial charge in [-0.1, -0.05) is 36.9 Å². The van der Waals surface area contributed by atoms with E-state index in [0.29, 0.717) is 5.56 Å². The molecule has 0 amide bonds. The van der Waals surface area contributed by atoms with Gasteiger partial charge in [-0.2, -0.15) is 5.26 Å². The molecule has 0 aliphatic heterocycles. The van der Waals surface area contributed by atoms with Crippen LogP contribution in [0, 0.1) is 11.3 Å². The van der Waals surface area contributed by atoms with E-state index in [-0.39, 0.29) is 0 Å². The molecular formula is C16H14N2. The number of hydrogen-bond donors (Lipinski definition) is 1. The normalized spacial score (nSPS) is 9.50. The van der Waals surface area contributed by atoms with Gasteiger partial charge < -0.3 is 5.32 Å². The molecule has 2 aromatic carbocycles. The molecule has 0 aliphatic carbocycles. The Morgan fingerprint density at radius 1 is 1.06 bits per heavy atom. The number of anilines is 1. The molecule has 0 spiro atoms. The van der Waals surface area contributed by atoms with Crippen LogP contribution in [0.2, 0.25) is 0 Å². The first-order valence-corrected chi connectivity index (χ1v) is 5.77. The van der Waals surface area contributed by atoms with Crippen molar-refractivity contribution < 1.29 is 0 Å². The van der Waals surface area contributed by atoms with Gasteiger partial charge in [-0.3, -0.25) is 0 Å². The minimum Gasteiger partial charge on any atom is -0.381 e. The predicted molar refractivity (Wildman–Crippen MR) is 75.0 cm³/mol. The molecule has 0 saturated carbocycles. The first kappa shape index (κ1) is 11.9. The third kappa shape index (κ3) is 2.99.